The van der Waals surface area contributed by atoms with E-state index < -0.39 is 17.1 Å². The molecule has 0 saturated carbocycles. The summed E-state index contributed by atoms with van der Waals surface area (Å²) in [6, 6.07) is 0. The number of hydrogen-bond acceptors (Lipinski definition) is 4. The third kappa shape index (κ3) is 2.91. The maximum absolute atomic E-state index is 12.4. The molecule has 0 fully saturated rings. The molecule has 2 aliphatic rings. The van der Waals surface area contributed by atoms with Crippen LogP contribution in [-0.4, -0.2) is 17.4 Å². The first kappa shape index (κ1) is 16.9. The van der Waals surface area contributed by atoms with Gasteiger partial charge in [-0.3, -0.25) is 9.59 Å². The lowest BCUT2D eigenvalue weighted by atomic mass is 9.86. The van der Waals surface area contributed by atoms with Gasteiger partial charge in [0.05, 0.1) is 16.8 Å². The van der Waals surface area contributed by atoms with Crippen LogP contribution in [-0.2, 0) is 21.6 Å². The van der Waals surface area contributed by atoms with E-state index in [0.717, 1.165) is 10.4 Å². The Morgan fingerprint density at radius 1 is 1.29 bits per heavy atom. The summed E-state index contributed by atoms with van der Waals surface area (Å²) < 4.78 is 6.16. The first-order chi connectivity index (χ1) is 11.1. The molecule has 3 rings (SSSR count). The van der Waals surface area contributed by atoms with Gasteiger partial charge in [0.15, 0.2) is 0 Å². The molecule has 0 atom stereocenters. The normalized spacial score (nSPS) is 20.4. The Kier molecular flexibility index (Phi) is 3.92. The van der Waals surface area contributed by atoms with Crippen LogP contribution in [0.3, 0.4) is 0 Å². The summed E-state index contributed by atoms with van der Waals surface area (Å²) in [7, 11) is 0. The zero-order valence-electron chi connectivity index (χ0n) is 14.4. The maximum atomic E-state index is 12.4. The van der Waals surface area contributed by atoms with Gasteiger partial charge in [-0.15, -0.1) is 11.3 Å². The largest absolute Gasteiger partial charge is 0.365 e. The highest BCUT2D eigenvalue weighted by Crippen LogP contribution is 2.48. The van der Waals surface area contributed by atoms with Crippen molar-refractivity contribution in [1.82, 2.24) is 0 Å². The number of thiophene rings is 1. The van der Waals surface area contributed by atoms with E-state index in [1.807, 2.05) is 39.8 Å². The first-order valence-electron chi connectivity index (χ1n) is 7.94. The molecule has 0 unspecified atom stereocenters. The lowest BCUT2D eigenvalue weighted by molar-refractivity contribution is -0.135. The predicted molar refractivity (Wildman–Crippen MR) is 95.2 cm³/mol. The zero-order chi connectivity index (χ0) is 17.7. The fourth-order valence-corrected chi connectivity index (χ4v) is 4.73. The van der Waals surface area contributed by atoms with E-state index >= 15 is 0 Å². The van der Waals surface area contributed by atoms with Crippen molar-refractivity contribution in [1.29, 1.82) is 0 Å². The molecule has 2 heterocycles. The smallest absolute Gasteiger partial charge is 0.252 e. The van der Waals surface area contributed by atoms with Crippen molar-refractivity contribution in [2.45, 2.75) is 51.7 Å². The second kappa shape index (κ2) is 5.57. The van der Waals surface area contributed by atoms with E-state index in [9.17, 15) is 9.59 Å². The molecule has 1 aromatic heterocycles. The quantitative estimate of drug-likeness (QED) is 0.881. The van der Waals surface area contributed by atoms with Crippen molar-refractivity contribution < 1.29 is 14.3 Å². The molecule has 0 saturated heterocycles. The molecular formula is C18H22N2O3S. The number of nitrogens with one attached hydrogen (secondary N) is 1. The Bertz CT molecular complexity index is 784. The summed E-state index contributed by atoms with van der Waals surface area (Å²) in [6.45, 7) is 7.94. The van der Waals surface area contributed by atoms with Gasteiger partial charge in [-0.2, -0.15) is 0 Å². The topological polar surface area (TPSA) is 81.4 Å². The molecule has 3 N–H and O–H groups in total. The van der Waals surface area contributed by atoms with Crippen LogP contribution in [0.25, 0.3) is 0 Å². The van der Waals surface area contributed by atoms with E-state index in [0.29, 0.717) is 29.0 Å². The molecule has 5 nitrogen and oxygen atoms in total. The number of carbonyl (C=O) groups is 2. The van der Waals surface area contributed by atoms with E-state index in [1.54, 1.807) is 6.08 Å². The summed E-state index contributed by atoms with van der Waals surface area (Å²) in [5.74, 6) is -0.714. The van der Waals surface area contributed by atoms with Crippen LogP contribution in [0, 0.1) is 0 Å². The van der Waals surface area contributed by atoms with Gasteiger partial charge < -0.3 is 15.8 Å². The second-order valence-electron chi connectivity index (χ2n) is 7.31. The van der Waals surface area contributed by atoms with E-state index in [2.05, 4.69) is 5.32 Å². The van der Waals surface area contributed by atoms with Gasteiger partial charge in [-0.1, -0.05) is 18.2 Å². The van der Waals surface area contributed by atoms with Crippen LogP contribution in [0.5, 0.6) is 0 Å². The minimum Gasteiger partial charge on any atom is -0.365 e. The molecule has 0 bridgehead atoms. The van der Waals surface area contributed by atoms with Crippen molar-refractivity contribution in [2.24, 2.45) is 5.73 Å². The number of allylic oxidation sites excluding steroid dienone is 3. The SMILES string of the molecule is CC1(C)Cc2c(sc(NC(=O)C3=CC=CC3)c2C(N)=O)C(C)(C)O1. The van der Waals surface area contributed by atoms with Crippen molar-refractivity contribution in [2.75, 3.05) is 5.32 Å². The van der Waals surface area contributed by atoms with Crippen LogP contribution >= 0.6 is 11.3 Å². The third-order valence-corrected chi connectivity index (χ3v) is 5.68. The van der Waals surface area contributed by atoms with Gasteiger partial charge in [-0.25, -0.2) is 0 Å². The van der Waals surface area contributed by atoms with Crippen molar-refractivity contribution in [3.8, 4) is 0 Å². The number of fused-ring (bicyclic) bond motifs is 1. The number of amides is 2. The Labute approximate surface area is 145 Å². The highest BCUT2D eigenvalue weighted by Gasteiger charge is 2.42. The molecule has 2 amide bonds. The molecule has 0 spiro atoms. The Morgan fingerprint density at radius 3 is 2.58 bits per heavy atom. The number of carbonyl (C=O) groups excluding carboxylic acids is 2. The Balaban J connectivity index is 2.04. The van der Waals surface area contributed by atoms with Crippen LogP contribution in [0.2, 0.25) is 0 Å². The number of nitrogens with two attached hydrogens (primary N) is 1. The van der Waals surface area contributed by atoms with Gasteiger partial charge in [0.1, 0.15) is 5.00 Å². The van der Waals surface area contributed by atoms with Crippen molar-refractivity contribution >= 4 is 28.2 Å². The predicted octanol–water partition coefficient (Wildman–Crippen LogP) is 3.26. The van der Waals surface area contributed by atoms with Crippen molar-refractivity contribution in [3.63, 3.8) is 0 Å². The second-order valence-corrected chi connectivity index (χ2v) is 8.33. The van der Waals surface area contributed by atoms with Gasteiger partial charge in [0, 0.05) is 16.9 Å². The van der Waals surface area contributed by atoms with E-state index in [-0.39, 0.29) is 5.91 Å². The summed E-state index contributed by atoms with van der Waals surface area (Å²) >= 11 is 1.38. The molecule has 1 aromatic rings. The fraction of sp³-hybridized carbons (Fsp3) is 0.444. The van der Waals surface area contributed by atoms with Gasteiger partial charge in [-0.05, 0) is 39.7 Å². The monoisotopic (exact) mass is 346 g/mol. The number of anilines is 1. The van der Waals surface area contributed by atoms with Crippen molar-refractivity contribution in [3.05, 3.63) is 39.8 Å². The van der Waals surface area contributed by atoms with Crippen LogP contribution in [0.15, 0.2) is 23.8 Å². The minimum atomic E-state index is -0.539. The number of ether oxygens (including phenoxy) is 1. The Morgan fingerprint density at radius 2 is 2.00 bits per heavy atom. The van der Waals surface area contributed by atoms with E-state index in [4.69, 9.17) is 10.5 Å². The summed E-state index contributed by atoms with van der Waals surface area (Å²) in [5, 5.41) is 3.38. The third-order valence-electron chi connectivity index (χ3n) is 4.22. The van der Waals surface area contributed by atoms with Crippen LogP contribution in [0.1, 0.15) is 54.9 Å². The fourth-order valence-electron chi connectivity index (χ4n) is 3.47. The lowest BCUT2D eigenvalue weighted by Gasteiger charge is -2.41. The average Bonchev–Trinajstić information content (AvgIpc) is 3.03. The molecule has 1 aliphatic carbocycles. The van der Waals surface area contributed by atoms with Gasteiger partial charge in [0.2, 0.25) is 0 Å². The Hall–Kier alpha value is -1.92. The highest BCUT2D eigenvalue weighted by atomic mass is 32.1. The van der Waals surface area contributed by atoms with Gasteiger partial charge in [0.25, 0.3) is 11.8 Å². The average molecular weight is 346 g/mol. The molecule has 0 aromatic carbocycles. The summed E-state index contributed by atoms with van der Waals surface area (Å²) in [5.41, 5.74) is 6.68. The van der Waals surface area contributed by atoms with Crippen LogP contribution < -0.4 is 11.1 Å². The molecule has 1 aliphatic heterocycles. The number of primary amides is 1. The summed E-state index contributed by atoms with van der Waals surface area (Å²) in [4.78, 5) is 25.4. The minimum absolute atomic E-state index is 0.195. The molecule has 0 radical (unpaired) electrons. The first-order valence-corrected chi connectivity index (χ1v) is 8.75. The van der Waals surface area contributed by atoms with Crippen LogP contribution in [0.4, 0.5) is 5.00 Å². The standard InChI is InChI=1S/C18H22N2O3S/c1-17(2)9-11-12(14(19)21)16(24-13(11)18(3,4)23-17)20-15(22)10-7-5-6-8-10/h5-7H,8-9H2,1-4H3,(H2,19,21)(H,20,22). The number of rotatable bonds is 3. The highest BCUT2D eigenvalue weighted by molar-refractivity contribution is 7.17. The summed E-state index contributed by atoms with van der Waals surface area (Å²) in [6.07, 6.45) is 6.74. The lowest BCUT2D eigenvalue weighted by Crippen LogP contribution is -2.42. The zero-order valence-corrected chi connectivity index (χ0v) is 15.2. The molecule has 128 valence electrons. The maximum Gasteiger partial charge on any atom is 0.252 e. The molecule has 6 heteroatoms. The van der Waals surface area contributed by atoms with E-state index in [1.165, 1.54) is 11.3 Å². The number of hydrogen-bond donors (Lipinski definition) is 2. The molecule has 24 heavy (non-hydrogen) atoms. The molecular weight excluding hydrogens is 324 g/mol. The van der Waals surface area contributed by atoms with Gasteiger partial charge >= 0.3 is 0 Å².